The van der Waals surface area contributed by atoms with E-state index in [0.29, 0.717) is 19.5 Å². The fraction of sp³-hybridized carbons (Fsp3) is 0.917. The minimum atomic E-state index is -2.95. The van der Waals surface area contributed by atoms with E-state index in [0.717, 1.165) is 19.5 Å². The minimum absolute atomic E-state index is 0. The van der Waals surface area contributed by atoms with Crippen molar-refractivity contribution in [2.75, 3.05) is 37.7 Å². The smallest absolute Gasteiger partial charge is 0.237 e. The van der Waals surface area contributed by atoms with Crippen LogP contribution >= 0.6 is 12.4 Å². The summed E-state index contributed by atoms with van der Waals surface area (Å²) in [5.74, 6) is 0.348. The highest BCUT2D eigenvalue weighted by atomic mass is 35.5. The van der Waals surface area contributed by atoms with E-state index in [1.807, 2.05) is 6.92 Å². The number of likely N-dealkylation sites (tertiary alicyclic amines) is 1. The van der Waals surface area contributed by atoms with Gasteiger partial charge in [-0.05, 0) is 19.8 Å². The average Bonchev–Trinajstić information content (AvgIpc) is 2.86. The lowest BCUT2D eigenvalue weighted by atomic mass is 10.2. The molecule has 0 spiro atoms. The van der Waals surface area contributed by atoms with Crippen LogP contribution < -0.4 is 5.73 Å². The Kier molecular flexibility index (Phi) is 6.25. The van der Waals surface area contributed by atoms with E-state index in [1.165, 1.54) is 0 Å². The zero-order valence-electron chi connectivity index (χ0n) is 11.8. The van der Waals surface area contributed by atoms with Gasteiger partial charge in [-0.25, -0.2) is 8.42 Å². The molecule has 2 atom stereocenters. The number of rotatable bonds is 4. The van der Waals surface area contributed by atoms with Crippen LogP contribution in [0.25, 0.3) is 0 Å². The molecule has 0 bridgehead atoms. The van der Waals surface area contributed by atoms with Gasteiger partial charge in [0, 0.05) is 31.7 Å². The number of hydrogen-bond acceptors (Lipinski definition) is 5. The predicted octanol–water partition coefficient (Wildman–Crippen LogP) is -0.523. The Morgan fingerprint density at radius 1 is 1.40 bits per heavy atom. The second kappa shape index (κ2) is 7.06. The molecule has 6 nitrogen and oxygen atoms in total. The van der Waals surface area contributed by atoms with Gasteiger partial charge in [0.1, 0.15) is 0 Å². The number of carbonyl (C=O) groups is 1. The van der Waals surface area contributed by atoms with Crippen LogP contribution in [0.4, 0.5) is 0 Å². The molecule has 2 aliphatic rings. The van der Waals surface area contributed by atoms with Crippen LogP contribution in [0.5, 0.6) is 0 Å². The fourth-order valence-electron chi connectivity index (χ4n) is 2.95. The van der Waals surface area contributed by atoms with Gasteiger partial charge in [-0.3, -0.25) is 9.69 Å². The van der Waals surface area contributed by atoms with Crippen molar-refractivity contribution >= 4 is 28.2 Å². The third-order valence-corrected chi connectivity index (χ3v) is 5.73. The monoisotopic (exact) mass is 325 g/mol. The molecule has 2 heterocycles. The molecule has 1 amide bonds. The number of likely N-dealkylation sites (N-methyl/N-ethyl adjacent to an activating group) is 1. The lowest BCUT2D eigenvalue weighted by Gasteiger charge is -2.28. The quantitative estimate of drug-likeness (QED) is 0.751. The molecule has 2 saturated heterocycles. The molecule has 2 rings (SSSR count). The number of halogens is 1. The molecule has 0 aromatic heterocycles. The summed E-state index contributed by atoms with van der Waals surface area (Å²) in [6.07, 6.45) is 1.50. The van der Waals surface area contributed by atoms with E-state index >= 15 is 0 Å². The summed E-state index contributed by atoms with van der Waals surface area (Å²) in [6, 6.07) is 0.0218. The maximum absolute atomic E-state index is 12.3. The van der Waals surface area contributed by atoms with Crippen molar-refractivity contribution in [3.8, 4) is 0 Å². The van der Waals surface area contributed by atoms with E-state index < -0.39 is 9.84 Å². The summed E-state index contributed by atoms with van der Waals surface area (Å²) in [5, 5.41) is 0. The second-order valence-electron chi connectivity index (χ2n) is 5.52. The first-order valence-corrected chi connectivity index (χ1v) is 8.71. The van der Waals surface area contributed by atoms with Crippen molar-refractivity contribution < 1.29 is 13.2 Å². The van der Waals surface area contributed by atoms with E-state index in [-0.39, 0.29) is 41.9 Å². The molecule has 2 N–H and O–H groups in total. The van der Waals surface area contributed by atoms with Crippen LogP contribution in [-0.2, 0) is 14.6 Å². The first-order chi connectivity index (χ1) is 8.91. The van der Waals surface area contributed by atoms with Crippen molar-refractivity contribution in [1.29, 1.82) is 0 Å². The molecule has 20 heavy (non-hydrogen) atoms. The average molecular weight is 326 g/mol. The summed E-state index contributed by atoms with van der Waals surface area (Å²) in [5.41, 5.74) is 5.82. The molecule has 118 valence electrons. The first kappa shape index (κ1) is 17.7. The normalized spacial score (nSPS) is 29.1. The molecule has 2 fully saturated rings. The van der Waals surface area contributed by atoms with E-state index in [1.54, 1.807) is 4.90 Å². The maximum atomic E-state index is 12.3. The lowest BCUT2D eigenvalue weighted by Crippen LogP contribution is -2.46. The van der Waals surface area contributed by atoms with Gasteiger partial charge in [0.2, 0.25) is 5.91 Å². The Labute approximate surface area is 127 Å². The molecule has 0 aliphatic carbocycles. The highest BCUT2D eigenvalue weighted by Crippen LogP contribution is 2.18. The van der Waals surface area contributed by atoms with Gasteiger partial charge in [-0.1, -0.05) is 0 Å². The third kappa shape index (κ3) is 4.31. The zero-order valence-corrected chi connectivity index (χ0v) is 13.5. The lowest BCUT2D eigenvalue weighted by molar-refractivity contribution is -0.133. The second-order valence-corrected chi connectivity index (χ2v) is 7.75. The SMILES string of the molecule is CCN(C(=O)CN1CC[C@H](N)C1)C1CCS(=O)(=O)C1.Cl. The molecule has 0 saturated carbocycles. The van der Waals surface area contributed by atoms with Crippen molar-refractivity contribution in [2.45, 2.75) is 31.8 Å². The predicted molar refractivity (Wildman–Crippen MR) is 80.7 cm³/mol. The Hall–Kier alpha value is -0.370. The molecule has 8 heteroatoms. The van der Waals surface area contributed by atoms with Crippen LogP contribution in [0.1, 0.15) is 19.8 Å². The topological polar surface area (TPSA) is 83.7 Å². The van der Waals surface area contributed by atoms with Gasteiger partial charge in [-0.2, -0.15) is 0 Å². The third-order valence-electron chi connectivity index (χ3n) is 3.98. The molecule has 0 aromatic carbocycles. The van der Waals surface area contributed by atoms with Crippen LogP contribution in [0.15, 0.2) is 0 Å². The van der Waals surface area contributed by atoms with Crippen LogP contribution in [-0.4, -0.2) is 73.9 Å². The number of carbonyl (C=O) groups excluding carboxylic acids is 1. The first-order valence-electron chi connectivity index (χ1n) is 6.89. The highest BCUT2D eigenvalue weighted by molar-refractivity contribution is 7.91. The number of hydrogen-bond donors (Lipinski definition) is 1. The van der Waals surface area contributed by atoms with E-state index in [2.05, 4.69) is 4.90 Å². The minimum Gasteiger partial charge on any atom is -0.338 e. The van der Waals surface area contributed by atoms with Gasteiger partial charge in [0.25, 0.3) is 0 Å². The summed E-state index contributed by atoms with van der Waals surface area (Å²) in [4.78, 5) is 16.1. The Balaban J connectivity index is 0.00000200. The summed E-state index contributed by atoms with van der Waals surface area (Å²) in [7, 11) is -2.95. The fourth-order valence-corrected chi connectivity index (χ4v) is 4.68. The highest BCUT2D eigenvalue weighted by Gasteiger charge is 2.34. The van der Waals surface area contributed by atoms with Crippen molar-refractivity contribution in [2.24, 2.45) is 5.73 Å². The standard InChI is InChI=1S/C12H23N3O3S.ClH/c1-2-15(11-4-6-19(17,18)9-11)12(16)8-14-5-3-10(13)7-14;/h10-11H,2-9,13H2,1H3;1H/t10-,11?;/m0./s1. The molecular weight excluding hydrogens is 302 g/mol. The van der Waals surface area contributed by atoms with Crippen LogP contribution in [0, 0.1) is 0 Å². The Morgan fingerprint density at radius 2 is 2.10 bits per heavy atom. The van der Waals surface area contributed by atoms with E-state index in [4.69, 9.17) is 5.73 Å². The van der Waals surface area contributed by atoms with Crippen molar-refractivity contribution in [3.05, 3.63) is 0 Å². The van der Waals surface area contributed by atoms with Crippen LogP contribution in [0.3, 0.4) is 0 Å². The summed E-state index contributed by atoms with van der Waals surface area (Å²) >= 11 is 0. The van der Waals surface area contributed by atoms with Gasteiger partial charge in [0.05, 0.1) is 18.1 Å². The molecular formula is C12H24ClN3O3S. The molecule has 1 unspecified atom stereocenters. The summed E-state index contributed by atoms with van der Waals surface area (Å²) in [6.45, 7) is 4.44. The summed E-state index contributed by atoms with van der Waals surface area (Å²) < 4.78 is 23.0. The van der Waals surface area contributed by atoms with Crippen LogP contribution in [0.2, 0.25) is 0 Å². The Bertz CT molecular complexity index is 443. The number of sulfone groups is 1. The molecule has 0 radical (unpaired) electrons. The number of nitrogens with two attached hydrogens (primary N) is 1. The van der Waals surface area contributed by atoms with Crippen molar-refractivity contribution in [1.82, 2.24) is 9.80 Å². The molecule has 2 aliphatic heterocycles. The van der Waals surface area contributed by atoms with Gasteiger partial charge >= 0.3 is 0 Å². The van der Waals surface area contributed by atoms with Gasteiger partial charge in [0.15, 0.2) is 9.84 Å². The van der Waals surface area contributed by atoms with Gasteiger partial charge in [-0.15, -0.1) is 12.4 Å². The number of amides is 1. The van der Waals surface area contributed by atoms with Gasteiger partial charge < -0.3 is 10.6 Å². The van der Waals surface area contributed by atoms with E-state index in [9.17, 15) is 13.2 Å². The van der Waals surface area contributed by atoms with Crippen molar-refractivity contribution in [3.63, 3.8) is 0 Å². The Morgan fingerprint density at radius 3 is 2.55 bits per heavy atom. The maximum Gasteiger partial charge on any atom is 0.237 e. The number of nitrogens with zero attached hydrogens (tertiary/aromatic N) is 2. The zero-order chi connectivity index (χ0) is 14.0. The largest absolute Gasteiger partial charge is 0.338 e. The molecule has 0 aromatic rings.